The third kappa shape index (κ3) is 5.86. The Hall–Kier alpha value is -0.0200. The van der Waals surface area contributed by atoms with Gasteiger partial charge >= 0.3 is 0 Å². The monoisotopic (exact) mass is 148 g/mol. The third-order valence-corrected chi connectivity index (χ3v) is 1.33. The lowest BCUT2D eigenvalue weighted by molar-refractivity contribution is -0.111. The molecule has 0 rings (SSSR count). The van der Waals surface area contributed by atoms with Gasteiger partial charge in [0.1, 0.15) is 0 Å². The summed E-state index contributed by atoms with van der Waals surface area (Å²) in [4.78, 5) is 10.3. The molecule has 0 aromatic heterocycles. The van der Waals surface area contributed by atoms with E-state index in [9.17, 15) is 4.79 Å². The highest BCUT2D eigenvalue weighted by Gasteiger charge is 2.03. The zero-order valence-corrected chi connectivity index (χ0v) is 6.40. The van der Waals surface area contributed by atoms with E-state index in [1.807, 2.05) is 6.92 Å². The van der Waals surface area contributed by atoms with Crippen LogP contribution < -0.4 is 0 Å². The molecule has 0 bridgehead atoms. The van der Waals surface area contributed by atoms with Crippen LogP contribution in [0.15, 0.2) is 0 Å². The fraction of sp³-hybridized carbons (Fsp3) is 0.833. The van der Waals surface area contributed by atoms with Gasteiger partial charge in [-0.1, -0.05) is 6.92 Å². The summed E-state index contributed by atoms with van der Waals surface area (Å²) in [5, 5.41) is 8.31. The average Bonchev–Trinajstić information content (AvgIpc) is 1.63. The van der Waals surface area contributed by atoms with Gasteiger partial charge in [0, 0.05) is 13.0 Å². The molecule has 9 heavy (non-hydrogen) atoms. The van der Waals surface area contributed by atoms with Crippen LogP contribution in [0, 0.1) is 5.92 Å². The first-order chi connectivity index (χ1) is 4.16. The highest BCUT2D eigenvalue weighted by molar-refractivity contribution is 7.96. The fourth-order valence-corrected chi connectivity index (χ4v) is 0.932. The van der Waals surface area contributed by atoms with E-state index in [1.54, 1.807) is 0 Å². The van der Waals surface area contributed by atoms with Crippen LogP contribution in [0.1, 0.15) is 19.8 Å². The first-order valence-corrected chi connectivity index (χ1v) is 3.44. The number of rotatable bonds is 4. The molecule has 0 amide bonds. The van der Waals surface area contributed by atoms with Crippen LogP contribution >= 0.6 is 12.6 Å². The minimum Gasteiger partial charge on any atom is -0.396 e. The zero-order valence-electron chi connectivity index (χ0n) is 5.50. The van der Waals surface area contributed by atoms with E-state index in [-0.39, 0.29) is 17.6 Å². The number of carbonyl (C=O) groups is 1. The smallest absolute Gasteiger partial charge is 0.186 e. The maximum Gasteiger partial charge on any atom is 0.186 e. The SMILES string of the molecule is CC(CCO)CC(=O)S. The summed E-state index contributed by atoms with van der Waals surface area (Å²) < 4.78 is 0. The average molecular weight is 148 g/mol. The van der Waals surface area contributed by atoms with Gasteiger partial charge in [-0.15, -0.1) is 12.6 Å². The van der Waals surface area contributed by atoms with Crippen molar-refractivity contribution in [2.45, 2.75) is 19.8 Å². The molecule has 0 aromatic rings. The fourth-order valence-electron chi connectivity index (χ4n) is 0.621. The van der Waals surface area contributed by atoms with E-state index in [1.165, 1.54) is 0 Å². The molecule has 0 saturated heterocycles. The lowest BCUT2D eigenvalue weighted by Gasteiger charge is -2.03. The topological polar surface area (TPSA) is 37.3 Å². The summed E-state index contributed by atoms with van der Waals surface area (Å²) in [5.74, 6) is 0.264. The van der Waals surface area contributed by atoms with Crippen molar-refractivity contribution in [3.63, 3.8) is 0 Å². The molecular formula is C6H12O2S. The lowest BCUT2D eigenvalue weighted by Crippen LogP contribution is -2.01. The van der Waals surface area contributed by atoms with Crippen LogP contribution in [-0.4, -0.2) is 16.8 Å². The van der Waals surface area contributed by atoms with Crippen molar-refractivity contribution >= 4 is 17.7 Å². The van der Waals surface area contributed by atoms with Crippen molar-refractivity contribution in [2.75, 3.05) is 6.61 Å². The summed E-state index contributed by atoms with van der Waals surface area (Å²) >= 11 is 3.61. The summed E-state index contributed by atoms with van der Waals surface area (Å²) in [7, 11) is 0. The molecule has 54 valence electrons. The number of carbonyl (C=O) groups excluding carboxylic acids is 1. The van der Waals surface area contributed by atoms with Gasteiger partial charge in [0.15, 0.2) is 5.12 Å². The third-order valence-electron chi connectivity index (χ3n) is 1.14. The molecule has 0 aromatic carbocycles. The molecule has 1 N–H and O–H groups in total. The Kier molecular flexibility index (Phi) is 4.81. The molecular weight excluding hydrogens is 136 g/mol. The number of thiol groups is 1. The second-order valence-corrected chi connectivity index (χ2v) is 2.71. The van der Waals surface area contributed by atoms with Gasteiger partial charge in [0.25, 0.3) is 0 Å². The van der Waals surface area contributed by atoms with Crippen molar-refractivity contribution in [3.8, 4) is 0 Å². The van der Waals surface area contributed by atoms with Crippen LogP contribution in [0.5, 0.6) is 0 Å². The van der Waals surface area contributed by atoms with Crippen molar-refractivity contribution in [1.29, 1.82) is 0 Å². The minimum absolute atomic E-state index is 0.101. The van der Waals surface area contributed by atoms with Crippen molar-refractivity contribution in [2.24, 2.45) is 5.92 Å². The summed E-state index contributed by atoms with van der Waals surface area (Å²) in [6, 6.07) is 0. The van der Waals surface area contributed by atoms with Gasteiger partial charge in [0.2, 0.25) is 0 Å². The zero-order chi connectivity index (χ0) is 7.28. The van der Waals surface area contributed by atoms with Crippen LogP contribution in [-0.2, 0) is 4.79 Å². The van der Waals surface area contributed by atoms with Gasteiger partial charge in [-0.3, -0.25) is 4.79 Å². The van der Waals surface area contributed by atoms with Gasteiger partial charge in [-0.05, 0) is 12.3 Å². The Bertz CT molecular complexity index is 93.1. The number of aliphatic hydroxyl groups excluding tert-OH is 1. The molecule has 0 saturated carbocycles. The van der Waals surface area contributed by atoms with Crippen LogP contribution in [0.25, 0.3) is 0 Å². The van der Waals surface area contributed by atoms with Gasteiger partial charge in [0.05, 0.1) is 0 Å². The summed E-state index contributed by atoms with van der Waals surface area (Å²) in [5.41, 5.74) is 0. The van der Waals surface area contributed by atoms with Crippen LogP contribution in [0.4, 0.5) is 0 Å². The molecule has 0 aliphatic carbocycles. The van der Waals surface area contributed by atoms with E-state index >= 15 is 0 Å². The van der Waals surface area contributed by atoms with Gasteiger partial charge in [-0.2, -0.15) is 0 Å². The second-order valence-electron chi connectivity index (χ2n) is 2.22. The van der Waals surface area contributed by atoms with Crippen molar-refractivity contribution in [3.05, 3.63) is 0 Å². The van der Waals surface area contributed by atoms with E-state index in [2.05, 4.69) is 12.6 Å². The number of aliphatic hydroxyl groups is 1. The Labute approximate surface area is 60.7 Å². The first kappa shape index (κ1) is 8.98. The lowest BCUT2D eigenvalue weighted by atomic mass is 10.1. The van der Waals surface area contributed by atoms with Crippen molar-refractivity contribution < 1.29 is 9.90 Å². The van der Waals surface area contributed by atoms with E-state index in [4.69, 9.17) is 5.11 Å². The molecule has 2 nitrogen and oxygen atoms in total. The van der Waals surface area contributed by atoms with E-state index in [0.29, 0.717) is 12.8 Å². The Morgan fingerprint density at radius 1 is 1.78 bits per heavy atom. The number of hydrogen-bond acceptors (Lipinski definition) is 2. The van der Waals surface area contributed by atoms with Crippen molar-refractivity contribution in [1.82, 2.24) is 0 Å². The quantitative estimate of drug-likeness (QED) is 0.580. The van der Waals surface area contributed by atoms with Crippen LogP contribution in [0.3, 0.4) is 0 Å². The Balaban J connectivity index is 3.26. The molecule has 0 heterocycles. The highest BCUT2D eigenvalue weighted by Crippen LogP contribution is 2.07. The Morgan fingerprint density at radius 2 is 2.33 bits per heavy atom. The molecule has 0 spiro atoms. The standard InChI is InChI=1S/C6H12O2S/c1-5(2-3-7)4-6(8)9/h5,7H,2-4H2,1H3,(H,8,9). The first-order valence-electron chi connectivity index (χ1n) is 2.99. The summed E-state index contributed by atoms with van der Waals surface area (Å²) in [6.45, 7) is 2.08. The largest absolute Gasteiger partial charge is 0.396 e. The molecule has 1 unspecified atom stereocenters. The van der Waals surface area contributed by atoms with Gasteiger partial charge < -0.3 is 5.11 Å². The normalized spacial score (nSPS) is 13.2. The molecule has 0 aliphatic heterocycles. The predicted octanol–water partition coefficient (Wildman–Crippen LogP) is 0.851. The predicted molar refractivity (Wildman–Crippen MR) is 39.5 cm³/mol. The van der Waals surface area contributed by atoms with E-state index < -0.39 is 0 Å². The molecule has 3 heteroatoms. The van der Waals surface area contributed by atoms with Crippen LogP contribution in [0.2, 0.25) is 0 Å². The van der Waals surface area contributed by atoms with E-state index in [0.717, 1.165) is 0 Å². The second kappa shape index (κ2) is 4.82. The minimum atomic E-state index is -0.101. The molecule has 0 radical (unpaired) electrons. The maximum atomic E-state index is 10.3. The maximum absolute atomic E-state index is 10.3. The molecule has 0 fully saturated rings. The highest BCUT2D eigenvalue weighted by atomic mass is 32.1. The van der Waals surface area contributed by atoms with Gasteiger partial charge in [-0.25, -0.2) is 0 Å². The number of hydrogen-bond donors (Lipinski definition) is 2. The molecule has 1 atom stereocenters. The Morgan fingerprint density at radius 3 is 2.67 bits per heavy atom. The summed E-state index contributed by atoms with van der Waals surface area (Å²) in [6.07, 6.45) is 1.15. The molecule has 0 aliphatic rings.